The Morgan fingerprint density at radius 2 is 1.83 bits per heavy atom. The number of anilines is 1. The van der Waals surface area contributed by atoms with Crippen LogP contribution in [0.25, 0.3) is 0 Å². The van der Waals surface area contributed by atoms with Gasteiger partial charge in [-0.1, -0.05) is 12.1 Å². The van der Waals surface area contributed by atoms with Gasteiger partial charge in [-0.3, -0.25) is 0 Å². The second kappa shape index (κ2) is 6.99. The van der Waals surface area contributed by atoms with Crippen molar-refractivity contribution < 1.29 is 19.5 Å². The third-order valence-electron chi connectivity index (χ3n) is 4.53. The second-order valence-electron chi connectivity index (χ2n) is 6.85. The molecule has 1 fully saturated rings. The number of aliphatic hydroxyl groups is 2. The highest BCUT2D eigenvalue weighted by molar-refractivity contribution is 6.62. The van der Waals surface area contributed by atoms with Crippen molar-refractivity contribution in [3.05, 3.63) is 23.8 Å². The largest absolute Gasteiger partial charge is 0.494 e. The lowest BCUT2D eigenvalue weighted by Gasteiger charge is -2.32. The number of hydrogen-bond donors (Lipinski definition) is 3. The van der Waals surface area contributed by atoms with Crippen LogP contribution in [0.1, 0.15) is 33.3 Å². The van der Waals surface area contributed by atoms with E-state index in [1.54, 1.807) is 0 Å². The van der Waals surface area contributed by atoms with E-state index in [2.05, 4.69) is 5.32 Å². The Morgan fingerprint density at radius 1 is 1.22 bits per heavy atom. The van der Waals surface area contributed by atoms with Crippen LogP contribution in [-0.2, 0) is 15.9 Å². The molecule has 5 nitrogen and oxygen atoms in total. The Labute approximate surface area is 143 Å². The van der Waals surface area contributed by atoms with Gasteiger partial charge in [0, 0.05) is 17.8 Å². The van der Waals surface area contributed by atoms with Gasteiger partial charge in [-0.15, -0.1) is 11.6 Å². The predicted octanol–water partition coefficient (Wildman–Crippen LogP) is 1.49. The van der Waals surface area contributed by atoms with Gasteiger partial charge in [0.05, 0.1) is 29.8 Å². The van der Waals surface area contributed by atoms with Crippen molar-refractivity contribution >= 4 is 29.9 Å². The Hall–Kier alpha value is -0.785. The molecule has 7 heteroatoms. The molecule has 128 valence electrons. The first-order valence-electron chi connectivity index (χ1n) is 7.77. The molecular formula is C16H25BClNO4. The van der Waals surface area contributed by atoms with Crippen LogP contribution < -0.4 is 10.8 Å². The van der Waals surface area contributed by atoms with Crippen molar-refractivity contribution in [2.75, 3.05) is 17.7 Å². The lowest BCUT2D eigenvalue weighted by molar-refractivity contribution is 0.00578. The van der Waals surface area contributed by atoms with E-state index in [0.717, 1.165) is 16.7 Å². The SMILES string of the molecule is CC1(C)OB(c2ccc(NCC(O)CCl)c(CO)c2)OC1(C)C. The molecule has 1 aliphatic heterocycles. The van der Waals surface area contributed by atoms with Gasteiger partial charge >= 0.3 is 7.12 Å². The molecule has 0 amide bonds. The summed E-state index contributed by atoms with van der Waals surface area (Å²) >= 11 is 5.58. The summed E-state index contributed by atoms with van der Waals surface area (Å²) in [6, 6.07) is 5.61. The zero-order chi connectivity index (χ0) is 17.3. The number of aliphatic hydroxyl groups excluding tert-OH is 2. The topological polar surface area (TPSA) is 71.0 Å². The minimum absolute atomic E-state index is 0.118. The molecule has 0 bridgehead atoms. The number of halogens is 1. The van der Waals surface area contributed by atoms with E-state index >= 15 is 0 Å². The molecule has 0 radical (unpaired) electrons. The molecule has 1 atom stereocenters. The first-order valence-corrected chi connectivity index (χ1v) is 8.31. The van der Waals surface area contributed by atoms with E-state index in [-0.39, 0.29) is 12.5 Å². The van der Waals surface area contributed by atoms with Crippen molar-refractivity contribution in [3.8, 4) is 0 Å². The van der Waals surface area contributed by atoms with Gasteiger partial charge in [-0.05, 0) is 39.2 Å². The van der Waals surface area contributed by atoms with Crippen LogP contribution in [0.2, 0.25) is 0 Å². The summed E-state index contributed by atoms with van der Waals surface area (Å²) < 4.78 is 12.0. The lowest BCUT2D eigenvalue weighted by atomic mass is 9.78. The van der Waals surface area contributed by atoms with Gasteiger partial charge in [0.25, 0.3) is 0 Å². The number of alkyl halides is 1. The summed E-state index contributed by atoms with van der Waals surface area (Å²) in [5.41, 5.74) is 1.53. The molecule has 3 N–H and O–H groups in total. The highest BCUT2D eigenvalue weighted by Crippen LogP contribution is 2.36. The normalized spacial score (nSPS) is 20.6. The Bertz CT molecular complexity index is 537. The minimum Gasteiger partial charge on any atom is -0.399 e. The van der Waals surface area contributed by atoms with Gasteiger partial charge in [0.15, 0.2) is 0 Å². The standard InChI is InChI=1S/C16H25BClNO4/c1-15(2)16(3,4)23-17(22-15)12-5-6-14(11(7-12)10-20)19-9-13(21)8-18/h5-7,13,19-21H,8-10H2,1-4H3. The van der Waals surface area contributed by atoms with Crippen molar-refractivity contribution in [2.45, 2.75) is 51.6 Å². The molecule has 1 heterocycles. The predicted molar refractivity (Wildman–Crippen MR) is 93.3 cm³/mol. The van der Waals surface area contributed by atoms with E-state index in [1.165, 1.54) is 0 Å². The van der Waals surface area contributed by atoms with Gasteiger partial charge in [0.1, 0.15) is 0 Å². The fraction of sp³-hybridized carbons (Fsp3) is 0.625. The molecule has 1 saturated heterocycles. The summed E-state index contributed by atoms with van der Waals surface area (Å²) in [6.45, 7) is 8.22. The Balaban J connectivity index is 2.16. The van der Waals surface area contributed by atoms with Crippen LogP contribution in [0.15, 0.2) is 18.2 Å². The van der Waals surface area contributed by atoms with Crippen LogP contribution in [0, 0.1) is 0 Å². The van der Waals surface area contributed by atoms with Crippen molar-refractivity contribution in [1.29, 1.82) is 0 Å². The van der Waals surface area contributed by atoms with Gasteiger partial charge in [-0.25, -0.2) is 0 Å². The van der Waals surface area contributed by atoms with E-state index in [1.807, 2.05) is 45.9 Å². The van der Waals surface area contributed by atoms with Gasteiger partial charge in [0.2, 0.25) is 0 Å². The van der Waals surface area contributed by atoms with Crippen molar-refractivity contribution in [2.24, 2.45) is 0 Å². The van der Waals surface area contributed by atoms with Crippen LogP contribution >= 0.6 is 11.6 Å². The molecule has 23 heavy (non-hydrogen) atoms. The zero-order valence-electron chi connectivity index (χ0n) is 14.1. The second-order valence-corrected chi connectivity index (χ2v) is 7.16. The van der Waals surface area contributed by atoms with E-state index in [0.29, 0.717) is 6.54 Å². The smallest absolute Gasteiger partial charge is 0.399 e. The molecule has 0 saturated carbocycles. The van der Waals surface area contributed by atoms with Crippen LogP contribution in [0.4, 0.5) is 5.69 Å². The Morgan fingerprint density at radius 3 is 2.35 bits per heavy atom. The summed E-state index contributed by atoms with van der Waals surface area (Å²) in [6.07, 6.45) is -0.633. The molecule has 1 aromatic rings. The van der Waals surface area contributed by atoms with E-state index in [4.69, 9.17) is 20.9 Å². The number of hydrogen-bond acceptors (Lipinski definition) is 5. The van der Waals surface area contributed by atoms with Crippen LogP contribution in [0.3, 0.4) is 0 Å². The van der Waals surface area contributed by atoms with Gasteiger partial charge < -0.3 is 24.8 Å². The fourth-order valence-electron chi connectivity index (χ4n) is 2.32. The fourth-order valence-corrected chi connectivity index (χ4v) is 2.43. The number of nitrogens with one attached hydrogen (secondary N) is 1. The average Bonchev–Trinajstić information content (AvgIpc) is 2.72. The van der Waals surface area contributed by atoms with E-state index < -0.39 is 24.4 Å². The molecule has 0 aromatic heterocycles. The molecule has 1 unspecified atom stereocenters. The maximum absolute atomic E-state index is 9.60. The summed E-state index contributed by atoms with van der Waals surface area (Å²) in [5, 5.41) is 22.2. The summed E-state index contributed by atoms with van der Waals surface area (Å²) in [4.78, 5) is 0. The van der Waals surface area contributed by atoms with Crippen molar-refractivity contribution in [3.63, 3.8) is 0 Å². The maximum atomic E-state index is 9.60. The summed E-state index contributed by atoms with van der Waals surface area (Å²) in [5.74, 6) is 0.160. The molecule has 2 rings (SSSR count). The molecule has 1 aromatic carbocycles. The molecule has 0 aliphatic carbocycles. The van der Waals surface area contributed by atoms with Gasteiger partial charge in [-0.2, -0.15) is 0 Å². The van der Waals surface area contributed by atoms with Crippen molar-refractivity contribution in [1.82, 2.24) is 0 Å². The third-order valence-corrected chi connectivity index (χ3v) is 4.89. The highest BCUT2D eigenvalue weighted by Gasteiger charge is 2.51. The number of benzene rings is 1. The summed E-state index contributed by atoms with van der Waals surface area (Å²) in [7, 11) is -0.465. The molecular weight excluding hydrogens is 316 g/mol. The Kier molecular flexibility index (Phi) is 5.64. The highest BCUT2D eigenvalue weighted by atomic mass is 35.5. The van der Waals surface area contributed by atoms with E-state index in [9.17, 15) is 10.2 Å². The minimum atomic E-state index is -0.633. The number of rotatable bonds is 6. The maximum Gasteiger partial charge on any atom is 0.494 e. The first-order chi connectivity index (χ1) is 10.7. The quantitative estimate of drug-likeness (QED) is 0.540. The molecule has 1 aliphatic rings. The first kappa shape index (κ1) is 18.6. The van der Waals surface area contributed by atoms with Crippen LogP contribution in [0.5, 0.6) is 0 Å². The zero-order valence-corrected chi connectivity index (χ0v) is 14.9. The monoisotopic (exact) mass is 341 g/mol. The van der Waals surface area contributed by atoms with Crippen LogP contribution in [-0.4, -0.2) is 47.1 Å². The average molecular weight is 342 g/mol. The lowest BCUT2D eigenvalue weighted by Crippen LogP contribution is -2.41. The molecule has 0 spiro atoms. The third kappa shape index (κ3) is 4.01.